The normalized spacial score (nSPS) is 32.6. The summed E-state index contributed by atoms with van der Waals surface area (Å²) in [6.07, 6.45) is -12.8. The number of nitrogens with zero attached hydrogens (tertiary/aromatic N) is 1. The van der Waals surface area contributed by atoms with Crippen LogP contribution in [0.2, 0.25) is 0 Å². The highest BCUT2D eigenvalue weighted by molar-refractivity contribution is 6.32. The van der Waals surface area contributed by atoms with E-state index >= 15 is 0 Å². The Balaban J connectivity index is 3.41. The number of aliphatic hydroxyl groups is 1. The largest absolute Gasteiger partial charge is 0.426 e. The van der Waals surface area contributed by atoms with E-state index in [1.807, 2.05) is 0 Å². The quantitative estimate of drug-likeness (QED) is 0.359. The van der Waals surface area contributed by atoms with Crippen molar-refractivity contribution in [2.45, 2.75) is 28.6 Å². The second-order valence-electron chi connectivity index (χ2n) is 4.13. The zero-order valence-electron chi connectivity index (χ0n) is 9.14. The molecule has 0 bridgehead atoms. The molecule has 1 heterocycles. The molecule has 0 spiro atoms. The van der Waals surface area contributed by atoms with Crippen LogP contribution in [0.25, 0.3) is 0 Å². The van der Waals surface area contributed by atoms with Crippen LogP contribution >= 0.6 is 23.2 Å². The summed E-state index contributed by atoms with van der Waals surface area (Å²) in [7, 11) is 0. The molecule has 1 amide bonds. The van der Waals surface area contributed by atoms with Gasteiger partial charge in [0.2, 0.25) is 11.5 Å². The van der Waals surface area contributed by atoms with Crippen LogP contribution in [0.5, 0.6) is 0 Å². The first-order valence-corrected chi connectivity index (χ1v) is 5.61. The second-order valence-corrected chi connectivity index (χ2v) is 5.12. The van der Waals surface area contributed by atoms with Crippen LogP contribution in [0.4, 0.5) is 30.7 Å². The number of amides is 1. The fourth-order valence-electron chi connectivity index (χ4n) is 1.88. The van der Waals surface area contributed by atoms with E-state index in [0.29, 0.717) is 0 Å². The highest BCUT2D eigenvalue weighted by Gasteiger charge is 2.80. The molecule has 12 heteroatoms. The van der Waals surface area contributed by atoms with Gasteiger partial charge in [0.25, 0.3) is 5.60 Å². The van der Waals surface area contributed by atoms with Gasteiger partial charge >= 0.3 is 12.4 Å². The molecule has 0 aromatic rings. The Hall–Kier alpha value is -0.480. The van der Waals surface area contributed by atoms with Crippen molar-refractivity contribution in [1.29, 1.82) is 0 Å². The topological polar surface area (TPSA) is 40.5 Å². The van der Waals surface area contributed by atoms with E-state index in [4.69, 9.17) is 28.3 Å². The van der Waals surface area contributed by atoms with Crippen molar-refractivity contribution in [3.8, 4) is 0 Å². The lowest BCUT2D eigenvalue weighted by molar-refractivity contribution is -0.388. The summed E-state index contributed by atoms with van der Waals surface area (Å²) < 4.78 is 89.6. The van der Waals surface area contributed by atoms with Crippen LogP contribution in [0.15, 0.2) is 0 Å². The Labute approximate surface area is 117 Å². The van der Waals surface area contributed by atoms with Crippen molar-refractivity contribution < 1.29 is 40.6 Å². The molecular weight excluding hydrogens is 346 g/mol. The van der Waals surface area contributed by atoms with Gasteiger partial charge in [-0.2, -0.15) is 26.3 Å². The molecule has 0 aliphatic carbocycles. The SMILES string of the molecule is O=CN1CC(C(O)(C(F)(F)F)C(F)(F)F)C(F)(Cl)C1Cl. The van der Waals surface area contributed by atoms with Crippen molar-refractivity contribution in [2.24, 2.45) is 5.92 Å². The average Bonchev–Trinajstić information content (AvgIpc) is 2.47. The van der Waals surface area contributed by atoms with Gasteiger partial charge in [0.15, 0.2) is 5.50 Å². The Bertz CT molecular complexity index is 383. The van der Waals surface area contributed by atoms with Crippen LogP contribution in [-0.4, -0.2) is 51.5 Å². The van der Waals surface area contributed by atoms with Crippen molar-refractivity contribution in [3.05, 3.63) is 0 Å². The zero-order valence-corrected chi connectivity index (χ0v) is 10.7. The van der Waals surface area contributed by atoms with Crippen molar-refractivity contribution in [3.63, 3.8) is 0 Å². The Kier molecular flexibility index (Phi) is 4.19. The number of carbonyl (C=O) groups excluding carboxylic acids is 1. The predicted octanol–water partition coefficient (Wildman–Crippen LogP) is 2.40. The second kappa shape index (κ2) is 4.77. The lowest BCUT2D eigenvalue weighted by Gasteiger charge is -2.39. The zero-order chi connectivity index (χ0) is 16.1. The van der Waals surface area contributed by atoms with Gasteiger partial charge in [-0.3, -0.25) is 4.79 Å². The number of halogens is 9. The molecule has 1 rings (SSSR count). The minimum atomic E-state index is -6.27. The number of hydrogen-bond acceptors (Lipinski definition) is 2. The molecule has 3 nitrogen and oxygen atoms in total. The molecule has 1 saturated heterocycles. The molecule has 20 heavy (non-hydrogen) atoms. The Morgan fingerprint density at radius 3 is 1.85 bits per heavy atom. The Morgan fingerprint density at radius 1 is 1.20 bits per heavy atom. The van der Waals surface area contributed by atoms with E-state index in [1.165, 1.54) is 0 Å². The summed E-state index contributed by atoms with van der Waals surface area (Å²) in [4.78, 5) is 10.5. The summed E-state index contributed by atoms with van der Waals surface area (Å²) >= 11 is 10.2. The van der Waals surface area contributed by atoms with E-state index in [2.05, 4.69) is 0 Å². The Morgan fingerprint density at radius 2 is 1.60 bits per heavy atom. The van der Waals surface area contributed by atoms with Gasteiger partial charge in [-0.25, -0.2) is 4.39 Å². The third-order valence-corrected chi connectivity index (χ3v) is 4.12. The number of rotatable bonds is 2. The minimum absolute atomic E-state index is 0.0989. The lowest BCUT2D eigenvalue weighted by atomic mass is 9.83. The fourth-order valence-corrected chi connectivity index (χ4v) is 2.51. The summed E-state index contributed by atoms with van der Waals surface area (Å²) in [5.41, 5.74) is -7.73. The average molecular weight is 352 g/mol. The summed E-state index contributed by atoms with van der Waals surface area (Å²) in [5, 5.41) is 5.26. The monoisotopic (exact) mass is 351 g/mol. The number of hydrogen-bond donors (Lipinski definition) is 1. The fraction of sp³-hybridized carbons (Fsp3) is 0.875. The third kappa shape index (κ3) is 2.31. The highest BCUT2D eigenvalue weighted by atomic mass is 35.5. The number of carbonyl (C=O) groups is 1. The highest BCUT2D eigenvalue weighted by Crippen LogP contribution is 2.56. The van der Waals surface area contributed by atoms with Gasteiger partial charge in [0, 0.05) is 6.54 Å². The molecule has 3 atom stereocenters. The first-order valence-electron chi connectivity index (χ1n) is 4.80. The van der Waals surface area contributed by atoms with Crippen LogP contribution in [0.3, 0.4) is 0 Å². The molecule has 0 aromatic heterocycles. The molecular formula is C8H6Cl2F7NO2. The molecule has 0 saturated carbocycles. The van der Waals surface area contributed by atoms with Crippen LogP contribution in [0.1, 0.15) is 0 Å². The number of alkyl halides is 9. The van der Waals surface area contributed by atoms with Crippen LogP contribution in [-0.2, 0) is 4.79 Å². The first kappa shape index (κ1) is 17.6. The maximum Gasteiger partial charge on any atom is 0.426 e. The van der Waals surface area contributed by atoms with Crippen molar-refractivity contribution in [1.82, 2.24) is 4.90 Å². The van der Waals surface area contributed by atoms with Gasteiger partial charge in [-0.1, -0.05) is 23.2 Å². The van der Waals surface area contributed by atoms with Crippen LogP contribution < -0.4 is 0 Å². The smallest absolute Gasteiger partial charge is 0.373 e. The molecule has 1 N–H and O–H groups in total. The third-order valence-electron chi connectivity index (χ3n) is 2.97. The van der Waals surface area contributed by atoms with Crippen LogP contribution in [0, 0.1) is 5.92 Å². The maximum absolute atomic E-state index is 13.9. The van der Waals surface area contributed by atoms with E-state index in [1.54, 1.807) is 0 Å². The van der Waals surface area contributed by atoms with Gasteiger partial charge in [-0.15, -0.1) is 0 Å². The maximum atomic E-state index is 13.9. The summed E-state index contributed by atoms with van der Waals surface area (Å²) in [6, 6.07) is 0. The van der Waals surface area contributed by atoms with Gasteiger partial charge in [-0.05, 0) is 0 Å². The molecule has 0 radical (unpaired) electrons. The standard InChI is InChI=1S/C8H6Cl2F7NO2/c9-4-5(10,11)3(1-18(4)2-19)6(20,7(12,13)14)8(15,16)17/h2-4,20H,1H2. The van der Waals surface area contributed by atoms with Gasteiger partial charge in [0.05, 0.1) is 5.92 Å². The van der Waals surface area contributed by atoms with Gasteiger partial charge in [0.1, 0.15) is 0 Å². The first-order chi connectivity index (χ1) is 8.71. The number of likely N-dealkylation sites (tertiary alicyclic amines) is 1. The van der Waals surface area contributed by atoms with E-state index in [9.17, 15) is 35.5 Å². The van der Waals surface area contributed by atoms with Gasteiger partial charge < -0.3 is 10.0 Å². The van der Waals surface area contributed by atoms with E-state index < -0.39 is 41.0 Å². The molecule has 3 unspecified atom stereocenters. The van der Waals surface area contributed by atoms with Crippen molar-refractivity contribution >= 4 is 29.6 Å². The molecule has 1 aliphatic rings. The minimum Gasteiger partial charge on any atom is -0.373 e. The van der Waals surface area contributed by atoms with E-state index in [0.717, 1.165) is 0 Å². The molecule has 0 aromatic carbocycles. The van der Waals surface area contributed by atoms with Crippen molar-refractivity contribution in [2.75, 3.05) is 6.54 Å². The molecule has 1 aliphatic heterocycles. The summed E-state index contributed by atoms with van der Waals surface area (Å²) in [5.74, 6) is -3.23. The molecule has 1 fully saturated rings. The van der Waals surface area contributed by atoms with E-state index in [-0.39, 0.29) is 11.3 Å². The molecule has 118 valence electrons. The predicted molar refractivity (Wildman–Crippen MR) is 52.7 cm³/mol. The lowest BCUT2D eigenvalue weighted by Crippen LogP contribution is -2.65. The summed E-state index contributed by atoms with van der Waals surface area (Å²) in [6.45, 7) is -1.45.